The number of aryl methyl sites for hydroxylation is 11. The first kappa shape index (κ1) is 86.3. The molecule has 0 saturated carbocycles. The summed E-state index contributed by atoms with van der Waals surface area (Å²) in [5.41, 5.74) is 43.5. The van der Waals surface area contributed by atoms with E-state index < -0.39 is 0 Å². The Bertz CT molecular complexity index is 5070. The third kappa shape index (κ3) is 20.3. The van der Waals surface area contributed by atoms with Crippen LogP contribution in [0.25, 0.3) is 0 Å². The van der Waals surface area contributed by atoms with Gasteiger partial charge in [-0.1, -0.05) is 126 Å². The number of benzene rings is 7. The van der Waals surface area contributed by atoms with Crippen LogP contribution in [-0.2, 0) is 38.5 Å². The minimum Gasteiger partial charge on any atom is -0.321 e. The number of hydrogen-bond acceptors (Lipinski definition) is 8. The van der Waals surface area contributed by atoms with Gasteiger partial charge in [0.15, 0.2) is 0 Å². The standard InChI is InChI=1S/C25H28N2O.C25H26N2.C19H21NO.C14H14N2O.C11H15.2CH4.U/c1-16-13-22(12-11-21-14-17(2)18(3)19(4)20(21)5)24(26-15-16)25(28)27-23-9-7-6-8-10-23;1-15-13-20-11-12-22-18(4)16(2)17(3)19(5)23(22)25(24(20)26-14-15)27-21-9-7-6-8-10-21;1-10-8-15-6-7-16-13(4)11(2)12(3)14(5)17(16)19(21)18(15)20-9-10;1-10-8-11(2)13(15-9-10)14(17)16-12-6-4-3-5-7-12;1-7-6-8(2)10(4)11(5)9(7)3;;;/h6-10,13-15H,11-12H2,1-5H3,(H,27,28);6-10,13-14H,11-12H2,1-5H3;8-9H,6-7H2,1-5H3;3-9H,1-2H3,(H,16,17);6H,1H2,2-5H3;2*1H4;/q;;;;-1;;;. The van der Waals surface area contributed by atoms with Crippen LogP contribution in [0.15, 0.2) is 157 Å². The Balaban J connectivity index is 0.000000214. The summed E-state index contributed by atoms with van der Waals surface area (Å²) in [7, 11) is 0. The molecule has 13 rings (SSSR count). The second-order valence-electron chi connectivity index (χ2n) is 28.7. The van der Waals surface area contributed by atoms with E-state index in [1.807, 2.05) is 119 Å². The molecule has 11 heteroatoms. The molecule has 2 amide bonds. The molecule has 4 aromatic heterocycles. The molecule has 107 heavy (non-hydrogen) atoms. The van der Waals surface area contributed by atoms with Gasteiger partial charge >= 0.3 is 0 Å². The maximum Gasteiger partial charge on any atom is 0.274 e. The molecule has 0 aliphatic heterocycles. The van der Waals surface area contributed by atoms with E-state index in [4.69, 9.17) is 9.98 Å². The Morgan fingerprint density at radius 1 is 0.383 bits per heavy atom. The van der Waals surface area contributed by atoms with Crippen molar-refractivity contribution in [2.24, 2.45) is 4.99 Å². The number of aromatic nitrogens is 4. The van der Waals surface area contributed by atoms with Gasteiger partial charge in [-0.2, -0.15) is 18.6 Å². The predicted molar refractivity (Wildman–Crippen MR) is 446 cm³/mol. The molecule has 4 heterocycles. The monoisotopic (exact) mass is 1650 g/mol. The van der Waals surface area contributed by atoms with Crippen molar-refractivity contribution >= 4 is 40.4 Å². The van der Waals surface area contributed by atoms with Crippen molar-refractivity contribution < 1.29 is 45.5 Å². The molecule has 2 aliphatic carbocycles. The molecule has 0 unspecified atom stereocenters. The van der Waals surface area contributed by atoms with E-state index in [1.54, 1.807) is 18.6 Å². The minimum absolute atomic E-state index is 0. The SMILES string of the molecule is C.C.Cc1cnc(C(=O)Nc2ccccc2)c(C)c1.Cc1cnc(C(=O)Nc2ccccc2)c(CCc2cc(C)c(C)c(C)c2C)c1.Cc1cnc2c(c1)CCc1c(C)c(C)c(C)c(C)c1C2=Nc1ccccc1.Cc1cnc2c(c1)CCc1c(C)c(C)c(C)c(C)c1C2=O.[CH2-]c1cc(C)c(C)c(C)c1C.[U]. The van der Waals surface area contributed by atoms with Gasteiger partial charge in [0.25, 0.3) is 11.8 Å². The number of para-hydroxylation sites is 3. The van der Waals surface area contributed by atoms with Crippen LogP contribution < -0.4 is 10.6 Å². The van der Waals surface area contributed by atoms with E-state index >= 15 is 0 Å². The smallest absolute Gasteiger partial charge is 0.274 e. The fraction of sp³-hybridized carbons (Fsp3) is 0.302. The Morgan fingerprint density at radius 2 is 0.776 bits per heavy atom. The van der Waals surface area contributed by atoms with Crippen LogP contribution in [-0.4, -0.2) is 43.2 Å². The van der Waals surface area contributed by atoms with Crippen LogP contribution in [0.5, 0.6) is 0 Å². The molecular formula is C96H112N7O3U-. The Labute approximate surface area is 664 Å². The summed E-state index contributed by atoms with van der Waals surface area (Å²) in [6.45, 7) is 48.7. The maximum atomic E-state index is 13.0. The Hall–Kier alpha value is -9.66. The number of carbonyl (C=O) groups excluding carboxylic acids is 3. The number of fused-ring (bicyclic) bond motifs is 4. The normalized spacial score (nSPS) is 11.8. The van der Waals surface area contributed by atoms with Crippen molar-refractivity contribution in [3.8, 4) is 0 Å². The molecule has 0 spiro atoms. The molecule has 10 nitrogen and oxygen atoms in total. The van der Waals surface area contributed by atoms with Crippen LogP contribution in [0.2, 0.25) is 0 Å². The number of hydrogen-bond donors (Lipinski definition) is 2. The zero-order chi connectivity index (χ0) is 75.5. The van der Waals surface area contributed by atoms with E-state index in [2.05, 4.69) is 193 Å². The minimum atomic E-state index is -0.172. The molecule has 0 fully saturated rings. The number of pyridine rings is 4. The third-order valence-electron chi connectivity index (χ3n) is 21.7. The second-order valence-corrected chi connectivity index (χ2v) is 28.7. The zero-order valence-corrected chi connectivity index (χ0v) is 70.0. The summed E-state index contributed by atoms with van der Waals surface area (Å²) < 4.78 is 0. The van der Waals surface area contributed by atoms with Gasteiger partial charge in [-0.15, -0.1) is 16.7 Å². The summed E-state index contributed by atoms with van der Waals surface area (Å²) in [4.78, 5) is 60.8. The number of carbonyl (C=O) groups is 3. The molecule has 11 aromatic rings. The topological polar surface area (TPSA) is 139 Å². The number of anilines is 2. The first-order chi connectivity index (χ1) is 49.4. The number of nitrogens with zero attached hydrogens (tertiary/aromatic N) is 5. The van der Waals surface area contributed by atoms with Gasteiger partial charge in [-0.05, 0) is 328 Å². The van der Waals surface area contributed by atoms with E-state index in [9.17, 15) is 14.4 Å². The number of amides is 2. The summed E-state index contributed by atoms with van der Waals surface area (Å²) in [5.74, 6) is -0.232. The van der Waals surface area contributed by atoms with E-state index in [-0.39, 0.29) is 63.6 Å². The quantitative estimate of drug-likeness (QED) is 0.144. The summed E-state index contributed by atoms with van der Waals surface area (Å²) in [6, 6.07) is 42.0. The van der Waals surface area contributed by atoms with Gasteiger partial charge < -0.3 is 10.6 Å². The van der Waals surface area contributed by atoms with Gasteiger partial charge in [0.2, 0.25) is 5.78 Å². The molecule has 554 valence electrons. The zero-order valence-electron chi connectivity index (χ0n) is 65.8. The van der Waals surface area contributed by atoms with Crippen molar-refractivity contribution in [1.82, 2.24) is 19.9 Å². The second kappa shape index (κ2) is 38.2. The molecule has 0 saturated heterocycles. The maximum absolute atomic E-state index is 13.0. The third-order valence-corrected chi connectivity index (χ3v) is 21.7. The molecule has 0 radical (unpaired) electrons. The van der Waals surface area contributed by atoms with Crippen molar-refractivity contribution in [2.75, 3.05) is 10.6 Å². The van der Waals surface area contributed by atoms with Crippen molar-refractivity contribution in [3.05, 3.63) is 349 Å². The fourth-order valence-corrected chi connectivity index (χ4v) is 14.1. The van der Waals surface area contributed by atoms with Crippen LogP contribution in [0.3, 0.4) is 0 Å². The first-order valence-corrected chi connectivity index (χ1v) is 36.3. The first-order valence-electron chi connectivity index (χ1n) is 36.3. The van der Waals surface area contributed by atoms with Gasteiger partial charge in [0.05, 0.1) is 17.1 Å². The van der Waals surface area contributed by atoms with Gasteiger partial charge in [-0.25, -0.2) is 4.99 Å². The predicted octanol–water partition coefficient (Wildman–Crippen LogP) is 22.8. The Morgan fingerprint density at radius 3 is 1.30 bits per heavy atom. The average Bonchev–Trinajstić information content (AvgIpc) is 1.70. The fourth-order valence-electron chi connectivity index (χ4n) is 14.1. The van der Waals surface area contributed by atoms with Crippen molar-refractivity contribution in [3.63, 3.8) is 0 Å². The molecule has 0 atom stereocenters. The van der Waals surface area contributed by atoms with Gasteiger partial charge in [-0.3, -0.25) is 34.3 Å². The van der Waals surface area contributed by atoms with Crippen LogP contribution in [0.1, 0.15) is 219 Å². The van der Waals surface area contributed by atoms with Crippen LogP contribution in [0.4, 0.5) is 17.1 Å². The van der Waals surface area contributed by atoms with Gasteiger partial charge in [0.1, 0.15) is 17.1 Å². The summed E-state index contributed by atoms with van der Waals surface area (Å²) in [5, 5.41) is 5.77. The van der Waals surface area contributed by atoms with E-state index in [0.717, 1.165) is 117 Å². The molecule has 0 bridgehead atoms. The molecule has 2 N–H and O–H groups in total. The average molecular weight is 1650 g/mol. The number of ketones is 1. The number of aliphatic imine (C=N–C) groups is 1. The Kier molecular flexibility index (Phi) is 30.8. The number of nitrogens with one attached hydrogen (secondary N) is 2. The van der Waals surface area contributed by atoms with Gasteiger partial charge in [0, 0.05) is 78.4 Å². The largest absolute Gasteiger partial charge is 0.321 e. The van der Waals surface area contributed by atoms with Crippen LogP contribution in [0, 0.1) is 183 Å². The van der Waals surface area contributed by atoms with E-state index in [1.165, 1.54) is 117 Å². The molecular weight excluding hydrogens is 1540 g/mol. The summed E-state index contributed by atoms with van der Waals surface area (Å²) in [6.07, 6.45) is 12.8. The molecule has 2 aliphatic rings. The molecule has 7 aromatic carbocycles. The van der Waals surface area contributed by atoms with Crippen molar-refractivity contribution in [2.45, 2.75) is 199 Å². The van der Waals surface area contributed by atoms with E-state index in [0.29, 0.717) is 17.1 Å². The van der Waals surface area contributed by atoms with Crippen LogP contribution >= 0.6 is 0 Å². The van der Waals surface area contributed by atoms with Crippen molar-refractivity contribution in [1.29, 1.82) is 0 Å². The number of rotatable bonds is 8. The summed E-state index contributed by atoms with van der Waals surface area (Å²) >= 11 is 0.